The monoisotopic (exact) mass is 315 g/mol. The average Bonchev–Trinajstić information content (AvgIpc) is 3.09. The molecule has 1 amide bonds. The normalized spacial score (nSPS) is 20.9. The van der Waals surface area contributed by atoms with E-state index in [0.717, 1.165) is 30.8 Å². The van der Waals surface area contributed by atoms with Crippen molar-refractivity contribution in [1.82, 2.24) is 5.32 Å². The molecule has 4 heteroatoms. The summed E-state index contributed by atoms with van der Waals surface area (Å²) in [5, 5.41) is 2.93. The molecule has 0 saturated heterocycles. The Morgan fingerprint density at radius 3 is 3.09 bits per heavy atom. The van der Waals surface area contributed by atoms with E-state index in [9.17, 15) is 4.79 Å². The van der Waals surface area contributed by atoms with Crippen LogP contribution in [0.15, 0.2) is 30.4 Å². The molecule has 0 radical (unpaired) electrons. The number of ether oxygens (including phenoxy) is 2. The number of benzene rings is 1. The van der Waals surface area contributed by atoms with Crippen LogP contribution in [-0.2, 0) is 11.2 Å². The van der Waals surface area contributed by atoms with Crippen molar-refractivity contribution < 1.29 is 14.3 Å². The summed E-state index contributed by atoms with van der Waals surface area (Å²) in [6, 6.07) is 5.99. The van der Waals surface area contributed by atoms with Gasteiger partial charge in [0.25, 0.3) is 0 Å². The Morgan fingerprint density at radius 2 is 2.30 bits per heavy atom. The first-order chi connectivity index (χ1) is 11.0. The van der Waals surface area contributed by atoms with Crippen LogP contribution < -0.4 is 14.8 Å². The van der Waals surface area contributed by atoms with Crippen LogP contribution in [0.3, 0.4) is 0 Å². The zero-order valence-corrected chi connectivity index (χ0v) is 13.9. The smallest absolute Gasteiger partial charge is 0.220 e. The van der Waals surface area contributed by atoms with Gasteiger partial charge in [0.1, 0.15) is 12.2 Å². The second-order valence-corrected chi connectivity index (χ2v) is 6.95. The van der Waals surface area contributed by atoms with Gasteiger partial charge in [0.15, 0.2) is 11.5 Å². The van der Waals surface area contributed by atoms with Gasteiger partial charge >= 0.3 is 0 Å². The molecule has 23 heavy (non-hydrogen) atoms. The van der Waals surface area contributed by atoms with Crippen LogP contribution in [0.2, 0.25) is 0 Å². The SMILES string of the molecule is CC1(C)Cc2cccc(OCCNC(=O)CC3C=CCC3)c2O1. The van der Waals surface area contributed by atoms with Crippen LogP contribution in [0.4, 0.5) is 0 Å². The second kappa shape index (κ2) is 6.65. The van der Waals surface area contributed by atoms with Crippen LogP contribution in [0.5, 0.6) is 11.5 Å². The van der Waals surface area contributed by atoms with E-state index in [2.05, 4.69) is 37.4 Å². The molecule has 4 nitrogen and oxygen atoms in total. The van der Waals surface area contributed by atoms with E-state index in [1.54, 1.807) is 0 Å². The Bertz CT molecular complexity index is 607. The largest absolute Gasteiger partial charge is 0.488 e. The van der Waals surface area contributed by atoms with E-state index >= 15 is 0 Å². The maximum atomic E-state index is 11.9. The van der Waals surface area contributed by atoms with Crippen LogP contribution in [0.25, 0.3) is 0 Å². The summed E-state index contributed by atoms with van der Waals surface area (Å²) in [5.41, 5.74) is 1.01. The predicted molar refractivity (Wildman–Crippen MR) is 89.8 cm³/mol. The molecule has 0 bridgehead atoms. The fraction of sp³-hybridized carbons (Fsp3) is 0.526. The number of para-hydroxylation sites is 1. The number of carbonyl (C=O) groups excluding carboxylic acids is 1. The zero-order chi connectivity index (χ0) is 16.3. The number of carbonyl (C=O) groups is 1. The van der Waals surface area contributed by atoms with Crippen LogP contribution >= 0.6 is 0 Å². The minimum atomic E-state index is -0.176. The van der Waals surface area contributed by atoms with Crippen molar-refractivity contribution in [2.24, 2.45) is 5.92 Å². The molecular weight excluding hydrogens is 290 g/mol. The first kappa shape index (κ1) is 15.9. The maximum absolute atomic E-state index is 11.9. The molecule has 1 unspecified atom stereocenters. The van der Waals surface area contributed by atoms with Crippen LogP contribution in [0, 0.1) is 5.92 Å². The Labute approximate surface area is 137 Å². The molecule has 124 valence electrons. The van der Waals surface area contributed by atoms with Gasteiger partial charge in [-0.2, -0.15) is 0 Å². The Balaban J connectivity index is 1.44. The summed E-state index contributed by atoms with van der Waals surface area (Å²) < 4.78 is 11.8. The van der Waals surface area contributed by atoms with Crippen molar-refractivity contribution in [3.8, 4) is 11.5 Å². The van der Waals surface area contributed by atoms with E-state index in [1.807, 2.05) is 12.1 Å². The Morgan fingerprint density at radius 1 is 1.43 bits per heavy atom. The fourth-order valence-corrected chi connectivity index (χ4v) is 3.23. The second-order valence-electron chi connectivity index (χ2n) is 6.95. The molecule has 1 N–H and O–H groups in total. The van der Waals surface area contributed by atoms with Crippen molar-refractivity contribution in [2.75, 3.05) is 13.2 Å². The topological polar surface area (TPSA) is 47.6 Å². The van der Waals surface area contributed by atoms with Gasteiger partial charge in [-0.05, 0) is 38.7 Å². The van der Waals surface area contributed by atoms with E-state index in [1.165, 1.54) is 5.56 Å². The van der Waals surface area contributed by atoms with Gasteiger partial charge in [-0.3, -0.25) is 4.79 Å². The highest BCUT2D eigenvalue weighted by molar-refractivity contribution is 5.76. The standard InChI is InChI=1S/C19H25NO3/c1-19(2)13-15-8-5-9-16(18(15)23-19)22-11-10-20-17(21)12-14-6-3-4-7-14/h3,5-6,8-9,14H,4,7,10-13H2,1-2H3,(H,20,21). The number of allylic oxidation sites excluding steroid dienone is 2. The minimum absolute atomic E-state index is 0.0980. The number of rotatable bonds is 6. The third-order valence-electron chi connectivity index (χ3n) is 4.30. The summed E-state index contributed by atoms with van der Waals surface area (Å²) in [5.74, 6) is 2.12. The minimum Gasteiger partial charge on any atom is -0.488 e. The molecule has 3 rings (SSSR count). The summed E-state index contributed by atoms with van der Waals surface area (Å²) in [6.07, 6.45) is 7.95. The van der Waals surface area contributed by atoms with E-state index in [-0.39, 0.29) is 11.5 Å². The molecule has 0 aromatic heterocycles. The average molecular weight is 315 g/mol. The first-order valence-electron chi connectivity index (χ1n) is 8.40. The molecule has 1 atom stereocenters. The Kier molecular flexibility index (Phi) is 4.60. The number of hydrogen-bond donors (Lipinski definition) is 1. The summed E-state index contributed by atoms with van der Waals surface area (Å²) in [4.78, 5) is 11.9. The molecule has 1 heterocycles. The molecule has 1 aromatic rings. The van der Waals surface area contributed by atoms with Gasteiger partial charge in [-0.1, -0.05) is 24.3 Å². The van der Waals surface area contributed by atoms with Gasteiger partial charge in [-0.15, -0.1) is 0 Å². The van der Waals surface area contributed by atoms with E-state index in [0.29, 0.717) is 25.5 Å². The summed E-state index contributed by atoms with van der Waals surface area (Å²) in [6.45, 7) is 5.12. The van der Waals surface area contributed by atoms with Crippen molar-refractivity contribution in [3.63, 3.8) is 0 Å². The van der Waals surface area contributed by atoms with Gasteiger partial charge < -0.3 is 14.8 Å². The number of fused-ring (bicyclic) bond motifs is 1. The molecule has 2 aliphatic rings. The lowest BCUT2D eigenvalue weighted by molar-refractivity contribution is -0.121. The highest BCUT2D eigenvalue weighted by atomic mass is 16.5. The number of nitrogens with one attached hydrogen (secondary N) is 1. The predicted octanol–water partition coefficient (Wildman–Crippen LogP) is 3.25. The van der Waals surface area contributed by atoms with Gasteiger partial charge in [-0.25, -0.2) is 0 Å². The molecule has 1 aromatic carbocycles. The van der Waals surface area contributed by atoms with Crippen molar-refractivity contribution in [1.29, 1.82) is 0 Å². The lowest BCUT2D eigenvalue weighted by Crippen LogP contribution is -2.29. The van der Waals surface area contributed by atoms with Crippen molar-refractivity contribution in [3.05, 3.63) is 35.9 Å². The zero-order valence-electron chi connectivity index (χ0n) is 13.9. The molecular formula is C19H25NO3. The summed E-state index contributed by atoms with van der Waals surface area (Å²) >= 11 is 0. The molecule has 0 spiro atoms. The molecule has 1 aliphatic heterocycles. The highest BCUT2D eigenvalue weighted by Gasteiger charge is 2.32. The van der Waals surface area contributed by atoms with Crippen LogP contribution in [-0.4, -0.2) is 24.7 Å². The molecule has 1 aliphatic carbocycles. The van der Waals surface area contributed by atoms with Gasteiger partial charge in [0.05, 0.1) is 6.54 Å². The van der Waals surface area contributed by atoms with E-state index < -0.39 is 0 Å². The van der Waals surface area contributed by atoms with Gasteiger partial charge in [0, 0.05) is 18.4 Å². The van der Waals surface area contributed by atoms with Crippen molar-refractivity contribution >= 4 is 5.91 Å². The number of hydrogen-bond acceptors (Lipinski definition) is 3. The lowest BCUT2D eigenvalue weighted by Gasteiger charge is -2.18. The van der Waals surface area contributed by atoms with Crippen LogP contribution in [0.1, 0.15) is 38.7 Å². The summed E-state index contributed by atoms with van der Waals surface area (Å²) in [7, 11) is 0. The maximum Gasteiger partial charge on any atom is 0.220 e. The third-order valence-corrected chi connectivity index (χ3v) is 4.30. The molecule has 0 fully saturated rings. The lowest BCUT2D eigenvalue weighted by atomic mass is 10.0. The van der Waals surface area contributed by atoms with E-state index in [4.69, 9.17) is 9.47 Å². The fourth-order valence-electron chi connectivity index (χ4n) is 3.23. The number of amides is 1. The van der Waals surface area contributed by atoms with Gasteiger partial charge in [0.2, 0.25) is 5.91 Å². The van der Waals surface area contributed by atoms with Crippen molar-refractivity contribution in [2.45, 2.75) is 45.1 Å². The Hall–Kier alpha value is -1.97. The highest BCUT2D eigenvalue weighted by Crippen LogP contribution is 2.41. The first-order valence-corrected chi connectivity index (χ1v) is 8.40. The quantitative estimate of drug-likeness (QED) is 0.647. The molecule has 0 saturated carbocycles. The third kappa shape index (κ3) is 4.06.